The lowest BCUT2D eigenvalue weighted by Gasteiger charge is -2.11. The summed E-state index contributed by atoms with van der Waals surface area (Å²) in [5.74, 6) is -1.00. The van der Waals surface area contributed by atoms with E-state index >= 15 is 0 Å². The Morgan fingerprint density at radius 3 is 2.79 bits per heavy atom. The maximum Gasteiger partial charge on any atom is 0.341 e. The molecule has 2 amide bonds. The van der Waals surface area contributed by atoms with Crippen LogP contribution in [0, 0.1) is 0 Å². The average Bonchev–Trinajstić information content (AvgIpc) is 3.50. The maximum absolute atomic E-state index is 12.9. The summed E-state index contributed by atoms with van der Waals surface area (Å²) < 4.78 is 5.75. The van der Waals surface area contributed by atoms with Crippen LogP contribution in [0.3, 0.4) is 0 Å². The van der Waals surface area contributed by atoms with Crippen LogP contribution in [-0.4, -0.2) is 39.8 Å². The molecule has 0 radical (unpaired) electrons. The topological polar surface area (TPSA) is 110 Å². The number of thioether (sulfide) groups is 1. The van der Waals surface area contributed by atoms with E-state index in [1.54, 1.807) is 38.1 Å². The van der Waals surface area contributed by atoms with Crippen molar-refractivity contribution in [1.82, 2.24) is 10.2 Å². The quantitative estimate of drug-likeness (QED) is 0.228. The number of aryl methyl sites for hydroxylation is 1. The van der Waals surface area contributed by atoms with Crippen molar-refractivity contribution >= 4 is 74.0 Å². The fourth-order valence-corrected chi connectivity index (χ4v) is 6.80. The van der Waals surface area contributed by atoms with Crippen molar-refractivity contribution in [2.24, 2.45) is 0 Å². The molecule has 12 heteroatoms. The zero-order valence-corrected chi connectivity index (χ0v) is 21.6. The third-order valence-electron chi connectivity index (χ3n) is 5.00. The van der Waals surface area contributed by atoms with E-state index in [0.717, 1.165) is 29.7 Å². The lowest BCUT2D eigenvalue weighted by molar-refractivity contribution is -0.115. The van der Waals surface area contributed by atoms with E-state index in [1.165, 1.54) is 34.4 Å². The van der Waals surface area contributed by atoms with Crippen molar-refractivity contribution in [2.45, 2.75) is 42.7 Å². The number of ether oxygens (including phenoxy) is 1. The number of benzene rings is 1. The molecule has 0 saturated carbocycles. The van der Waals surface area contributed by atoms with Crippen LogP contribution in [0.4, 0.5) is 10.1 Å². The molecule has 1 aliphatic rings. The summed E-state index contributed by atoms with van der Waals surface area (Å²) in [6.07, 6.45) is 2.72. The van der Waals surface area contributed by atoms with Gasteiger partial charge in [0.1, 0.15) is 5.00 Å². The summed E-state index contributed by atoms with van der Waals surface area (Å²) in [5, 5.41) is 14.4. The molecule has 178 valence electrons. The smallest absolute Gasteiger partial charge is 0.341 e. The highest BCUT2D eigenvalue weighted by atomic mass is 35.5. The molecule has 1 unspecified atom stereocenters. The Bertz CT molecular complexity index is 1240. The number of hydrogen-bond acceptors (Lipinski definition) is 9. The highest BCUT2D eigenvalue weighted by Crippen LogP contribution is 2.40. The number of halogens is 1. The summed E-state index contributed by atoms with van der Waals surface area (Å²) in [7, 11) is 0. The normalized spacial score (nSPS) is 13.3. The molecular weight excluding hydrogens is 516 g/mol. The number of aromatic nitrogens is 2. The number of rotatable bonds is 8. The number of anilines is 2. The zero-order chi connectivity index (χ0) is 24.2. The summed E-state index contributed by atoms with van der Waals surface area (Å²) >= 11 is 9.77. The van der Waals surface area contributed by atoms with Gasteiger partial charge in [0.25, 0.3) is 5.91 Å². The molecule has 1 aromatic carbocycles. The van der Waals surface area contributed by atoms with E-state index in [9.17, 15) is 14.4 Å². The Kier molecular flexibility index (Phi) is 7.87. The molecular formula is C22H21ClN4O4S3. The van der Waals surface area contributed by atoms with Crippen molar-refractivity contribution in [1.29, 1.82) is 0 Å². The number of carbonyl (C=O) groups is 3. The molecule has 0 bridgehead atoms. The van der Waals surface area contributed by atoms with Crippen LogP contribution in [0.15, 0.2) is 28.6 Å². The predicted molar refractivity (Wildman–Crippen MR) is 136 cm³/mol. The third-order valence-corrected chi connectivity index (χ3v) is 8.46. The van der Waals surface area contributed by atoms with Gasteiger partial charge in [-0.2, -0.15) is 0 Å². The fraction of sp³-hybridized carbons (Fsp3) is 0.318. The highest BCUT2D eigenvalue weighted by molar-refractivity contribution is 8.02. The standard InChI is InChI=1S/C22H21ClN4O4S3/c1-3-31-20(30)16-14-8-5-9-15(14)33-19(16)24-17(28)11(2)32-22-27-26-21(34-22)25-18(29)12-6-4-7-13(23)10-12/h4,6-7,10-11H,3,5,8-9H2,1-2H3,(H,24,28)(H,25,26,29). The second kappa shape index (κ2) is 10.9. The lowest BCUT2D eigenvalue weighted by Crippen LogP contribution is -2.23. The van der Waals surface area contributed by atoms with Gasteiger partial charge in [0.2, 0.25) is 11.0 Å². The number of hydrogen-bond donors (Lipinski definition) is 2. The predicted octanol–water partition coefficient (Wildman–Crippen LogP) is 5.29. The van der Waals surface area contributed by atoms with Gasteiger partial charge in [-0.3, -0.25) is 14.9 Å². The van der Waals surface area contributed by atoms with E-state index in [0.29, 0.717) is 30.6 Å². The average molecular weight is 537 g/mol. The second-order valence-electron chi connectivity index (χ2n) is 7.37. The lowest BCUT2D eigenvalue weighted by atomic mass is 10.1. The Labute approximate surface area is 213 Å². The van der Waals surface area contributed by atoms with Crippen LogP contribution in [0.25, 0.3) is 0 Å². The van der Waals surface area contributed by atoms with Crippen molar-refractivity contribution in [3.05, 3.63) is 50.9 Å². The molecule has 2 aromatic heterocycles. The summed E-state index contributed by atoms with van der Waals surface area (Å²) in [6.45, 7) is 3.78. The first-order valence-corrected chi connectivity index (χ1v) is 13.4. The molecule has 8 nitrogen and oxygen atoms in total. The maximum atomic E-state index is 12.9. The number of nitrogens with zero attached hydrogens (tertiary/aromatic N) is 2. The second-order valence-corrected chi connectivity index (χ2v) is 11.5. The Balaban J connectivity index is 1.39. The van der Waals surface area contributed by atoms with E-state index in [2.05, 4.69) is 20.8 Å². The summed E-state index contributed by atoms with van der Waals surface area (Å²) in [5.41, 5.74) is 1.87. The molecule has 3 aromatic rings. The van der Waals surface area contributed by atoms with Crippen molar-refractivity contribution in [3.63, 3.8) is 0 Å². The van der Waals surface area contributed by atoms with Gasteiger partial charge in [-0.05, 0) is 56.9 Å². The van der Waals surface area contributed by atoms with Crippen LogP contribution >= 0.6 is 46.0 Å². The van der Waals surface area contributed by atoms with Gasteiger partial charge in [-0.15, -0.1) is 21.5 Å². The minimum absolute atomic E-state index is 0.254. The van der Waals surface area contributed by atoms with Gasteiger partial charge in [-0.1, -0.05) is 40.8 Å². The molecule has 4 rings (SSSR count). The van der Waals surface area contributed by atoms with Crippen LogP contribution in [0.2, 0.25) is 5.02 Å². The number of amides is 2. The first-order chi connectivity index (χ1) is 16.4. The van der Waals surface area contributed by atoms with E-state index in [-0.39, 0.29) is 18.4 Å². The SMILES string of the molecule is CCOC(=O)c1c(NC(=O)C(C)Sc2nnc(NC(=O)c3cccc(Cl)c3)s2)sc2c1CCC2. The molecule has 0 spiro atoms. The van der Waals surface area contributed by atoms with E-state index < -0.39 is 11.2 Å². The number of esters is 1. The van der Waals surface area contributed by atoms with Crippen LogP contribution in [0.5, 0.6) is 0 Å². The van der Waals surface area contributed by atoms with Crippen molar-refractivity contribution < 1.29 is 19.1 Å². The molecule has 0 aliphatic heterocycles. The number of thiophene rings is 1. The first-order valence-electron chi connectivity index (χ1n) is 10.5. The molecule has 0 saturated heterocycles. The Morgan fingerprint density at radius 2 is 2.03 bits per heavy atom. The molecule has 34 heavy (non-hydrogen) atoms. The highest BCUT2D eigenvalue weighted by Gasteiger charge is 2.29. The zero-order valence-electron chi connectivity index (χ0n) is 18.3. The largest absolute Gasteiger partial charge is 0.462 e. The van der Waals surface area contributed by atoms with Crippen molar-refractivity contribution in [2.75, 3.05) is 17.2 Å². The number of fused-ring (bicyclic) bond motifs is 1. The Hall–Kier alpha value is -2.47. The van der Waals surface area contributed by atoms with Gasteiger partial charge in [0, 0.05) is 15.5 Å². The van der Waals surface area contributed by atoms with E-state index in [4.69, 9.17) is 16.3 Å². The van der Waals surface area contributed by atoms with E-state index in [1.807, 2.05) is 0 Å². The fourth-order valence-electron chi connectivity index (χ4n) is 3.44. The van der Waals surface area contributed by atoms with Gasteiger partial charge in [0.05, 0.1) is 17.4 Å². The van der Waals surface area contributed by atoms with Gasteiger partial charge in [0.15, 0.2) is 4.34 Å². The third kappa shape index (κ3) is 5.60. The molecule has 1 aliphatic carbocycles. The van der Waals surface area contributed by atoms with Gasteiger partial charge < -0.3 is 10.1 Å². The van der Waals surface area contributed by atoms with Gasteiger partial charge >= 0.3 is 5.97 Å². The molecule has 0 fully saturated rings. The summed E-state index contributed by atoms with van der Waals surface area (Å²) in [4.78, 5) is 38.9. The Morgan fingerprint density at radius 1 is 1.21 bits per heavy atom. The summed E-state index contributed by atoms with van der Waals surface area (Å²) in [6, 6.07) is 6.58. The van der Waals surface area contributed by atoms with Crippen LogP contribution in [0.1, 0.15) is 51.4 Å². The molecule has 1 atom stereocenters. The van der Waals surface area contributed by atoms with Crippen LogP contribution in [-0.2, 0) is 22.4 Å². The minimum Gasteiger partial charge on any atom is -0.462 e. The minimum atomic E-state index is -0.503. The number of nitrogens with one attached hydrogen (secondary N) is 2. The molecule has 2 heterocycles. The monoisotopic (exact) mass is 536 g/mol. The van der Waals surface area contributed by atoms with Crippen LogP contribution < -0.4 is 10.6 Å². The van der Waals surface area contributed by atoms with Gasteiger partial charge in [-0.25, -0.2) is 4.79 Å². The number of carbonyl (C=O) groups excluding carboxylic acids is 3. The molecule has 2 N–H and O–H groups in total. The first kappa shape index (κ1) is 24.6. The van der Waals surface area contributed by atoms with Crippen molar-refractivity contribution in [3.8, 4) is 0 Å².